The van der Waals surface area contributed by atoms with Gasteiger partial charge in [-0.2, -0.15) is 0 Å². The molecule has 0 spiro atoms. The first-order valence-corrected chi connectivity index (χ1v) is 6.43. The molecular formula is C12H24N2O2. The largest absolute Gasteiger partial charge is 0.382 e. The lowest BCUT2D eigenvalue weighted by Crippen LogP contribution is -2.53. The van der Waals surface area contributed by atoms with Gasteiger partial charge in [0.05, 0.1) is 19.8 Å². The van der Waals surface area contributed by atoms with Gasteiger partial charge in [-0.1, -0.05) is 0 Å². The van der Waals surface area contributed by atoms with E-state index in [1.165, 1.54) is 25.9 Å². The summed E-state index contributed by atoms with van der Waals surface area (Å²) in [4.78, 5) is 2.60. The van der Waals surface area contributed by atoms with E-state index < -0.39 is 0 Å². The molecule has 1 unspecified atom stereocenters. The number of nitrogens with zero attached hydrogens (tertiary/aromatic N) is 1. The fourth-order valence-corrected chi connectivity index (χ4v) is 2.42. The first kappa shape index (κ1) is 12.3. The van der Waals surface area contributed by atoms with Gasteiger partial charge in [0.1, 0.15) is 0 Å². The molecule has 0 aromatic rings. The van der Waals surface area contributed by atoms with Gasteiger partial charge in [-0.25, -0.2) is 0 Å². The molecule has 1 aliphatic heterocycles. The highest BCUT2D eigenvalue weighted by Gasteiger charge is 2.36. The van der Waals surface area contributed by atoms with E-state index in [1.54, 1.807) is 7.11 Å². The summed E-state index contributed by atoms with van der Waals surface area (Å²) in [6.07, 6.45) is 2.85. The number of hydrogen-bond acceptors (Lipinski definition) is 4. The van der Waals surface area contributed by atoms with Crippen molar-refractivity contribution in [2.24, 2.45) is 5.92 Å². The van der Waals surface area contributed by atoms with Gasteiger partial charge >= 0.3 is 0 Å². The summed E-state index contributed by atoms with van der Waals surface area (Å²) in [5.74, 6) is 0.951. The molecule has 1 atom stereocenters. The van der Waals surface area contributed by atoms with Crippen molar-refractivity contribution in [2.45, 2.75) is 18.9 Å². The van der Waals surface area contributed by atoms with Gasteiger partial charge in [0.2, 0.25) is 0 Å². The third-order valence-electron chi connectivity index (χ3n) is 3.52. The third-order valence-corrected chi connectivity index (χ3v) is 3.52. The highest BCUT2D eigenvalue weighted by molar-refractivity contribution is 4.92. The van der Waals surface area contributed by atoms with Crippen molar-refractivity contribution >= 4 is 0 Å². The lowest BCUT2D eigenvalue weighted by Gasteiger charge is -2.36. The molecule has 0 radical (unpaired) electrons. The summed E-state index contributed by atoms with van der Waals surface area (Å²) >= 11 is 0. The minimum absolute atomic E-state index is 0.702. The molecular weight excluding hydrogens is 204 g/mol. The van der Waals surface area contributed by atoms with Crippen molar-refractivity contribution in [3.05, 3.63) is 0 Å². The maximum absolute atomic E-state index is 5.54. The van der Waals surface area contributed by atoms with Crippen molar-refractivity contribution in [1.82, 2.24) is 10.2 Å². The number of nitrogens with one attached hydrogen (secondary N) is 1. The highest BCUT2D eigenvalue weighted by atomic mass is 16.5. The number of rotatable bonds is 7. The molecule has 0 amide bonds. The molecule has 1 saturated carbocycles. The van der Waals surface area contributed by atoms with Gasteiger partial charge in [0.15, 0.2) is 0 Å². The van der Waals surface area contributed by atoms with Crippen LogP contribution in [0.15, 0.2) is 0 Å². The van der Waals surface area contributed by atoms with E-state index in [2.05, 4.69) is 10.2 Å². The Labute approximate surface area is 98.3 Å². The third kappa shape index (κ3) is 3.70. The summed E-state index contributed by atoms with van der Waals surface area (Å²) < 4.78 is 10.5. The Morgan fingerprint density at radius 2 is 2.12 bits per heavy atom. The van der Waals surface area contributed by atoms with E-state index in [1.807, 2.05) is 0 Å². The van der Waals surface area contributed by atoms with Gasteiger partial charge in [-0.05, 0) is 18.8 Å². The molecule has 0 bridgehead atoms. The predicted octanol–water partition coefficient (Wildman–Crippen LogP) is 0.333. The average Bonchev–Trinajstić information content (AvgIpc) is 3.13. The molecule has 1 saturated heterocycles. The number of piperazine rings is 1. The lowest BCUT2D eigenvalue weighted by molar-refractivity contribution is 0.0419. The summed E-state index contributed by atoms with van der Waals surface area (Å²) in [5.41, 5.74) is 0. The van der Waals surface area contributed by atoms with Crippen molar-refractivity contribution in [1.29, 1.82) is 0 Å². The SMILES string of the molecule is COCCOCCN1CCNCC1C1CC1. The quantitative estimate of drug-likeness (QED) is 0.637. The second-order valence-corrected chi connectivity index (χ2v) is 4.75. The van der Waals surface area contributed by atoms with Crippen LogP contribution in [0.2, 0.25) is 0 Å². The van der Waals surface area contributed by atoms with Crippen molar-refractivity contribution in [3.8, 4) is 0 Å². The van der Waals surface area contributed by atoms with Crippen LogP contribution >= 0.6 is 0 Å². The lowest BCUT2D eigenvalue weighted by atomic mass is 10.1. The number of hydrogen-bond donors (Lipinski definition) is 1. The molecule has 0 aromatic carbocycles. The second-order valence-electron chi connectivity index (χ2n) is 4.75. The predicted molar refractivity (Wildman–Crippen MR) is 63.6 cm³/mol. The van der Waals surface area contributed by atoms with Crippen LogP contribution in [0.1, 0.15) is 12.8 Å². The fraction of sp³-hybridized carbons (Fsp3) is 1.00. The average molecular weight is 228 g/mol. The van der Waals surface area contributed by atoms with Crippen molar-refractivity contribution in [3.63, 3.8) is 0 Å². The first-order chi connectivity index (χ1) is 7.92. The minimum atomic E-state index is 0.702. The summed E-state index contributed by atoms with van der Waals surface area (Å²) in [6, 6.07) is 0.764. The van der Waals surface area contributed by atoms with Crippen LogP contribution < -0.4 is 5.32 Å². The molecule has 2 fully saturated rings. The molecule has 16 heavy (non-hydrogen) atoms. The smallest absolute Gasteiger partial charge is 0.0700 e. The van der Waals surface area contributed by atoms with Crippen molar-refractivity contribution < 1.29 is 9.47 Å². The van der Waals surface area contributed by atoms with E-state index in [4.69, 9.17) is 9.47 Å². The molecule has 1 aliphatic carbocycles. The Morgan fingerprint density at radius 1 is 1.25 bits per heavy atom. The first-order valence-electron chi connectivity index (χ1n) is 6.43. The van der Waals surface area contributed by atoms with Gasteiger partial charge in [-0.3, -0.25) is 4.90 Å². The van der Waals surface area contributed by atoms with Crippen LogP contribution in [0, 0.1) is 5.92 Å². The zero-order chi connectivity index (χ0) is 11.2. The summed E-state index contributed by atoms with van der Waals surface area (Å²) in [6.45, 7) is 6.81. The molecule has 1 heterocycles. The Hall–Kier alpha value is -0.160. The molecule has 0 aromatic heterocycles. The van der Waals surface area contributed by atoms with Crippen LogP contribution in [0.5, 0.6) is 0 Å². The molecule has 4 nitrogen and oxygen atoms in total. The van der Waals surface area contributed by atoms with E-state index in [-0.39, 0.29) is 0 Å². The fourth-order valence-electron chi connectivity index (χ4n) is 2.42. The van der Waals surface area contributed by atoms with Crippen LogP contribution in [-0.2, 0) is 9.47 Å². The zero-order valence-corrected chi connectivity index (χ0v) is 10.3. The van der Waals surface area contributed by atoms with Crippen LogP contribution in [0.25, 0.3) is 0 Å². The maximum atomic E-state index is 5.54. The minimum Gasteiger partial charge on any atom is -0.382 e. The van der Waals surface area contributed by atoms with Gasteiger partial charge in [0, 0.05) is 39.3 Å². The van der Waals surface area contributed by atoms with Gasteiger partial charge in [0.25, 0.3) is 0 Å². The van der Waals surface area contributed by atoms with E-state index in [0.717, 1.165) is 38.3 Å². The summed E-state index contributed by atoms with van der Waals surface area (Å²) in [5, 5.41) is 3.49. The van der Waals surface area contributed by atoms with Gasteiger partial charge < -0.3 is 14.8 Å². The van der Waals surface area contributed by atoms with E-state index in [9.17, 15) is 0 Å². The number of methoxy groups -OCH3 is 1. The summed E-state index contributed by atoms with van der Waals surface area (Å²) in [7, 11) is 1.71. The van der Waals surface area contributed by atoms with Crippen molar-refractivity contribution in [2.75, 3.05) is 53.1 Å². The Bertz CT molecular complexity index is 197. The Balaban J connectivity index is 1.62. The Kier molecular flexibility index (Phi) is 5.03. The second kappa shape index (κ2) is 6.55. The van der Waals surface area contributed by atoms with Gasteiger partial charge in [-0.15, -0.1) is 0 Å². The van der Waals surface area contributed by atoms with E-state index >= 15 is 0 Å². The monoisotopic (exact) mass is 228 g/mol. The zero-order valence-electron chi connectivity index (χ0n) is 10.3. The maximum Gasteiger partial charge on any atom is 0.0700 e. The number of ether oxygens (including phenoxy) is 2. The van der Waals surface area contributed by atoms with Crippen LogP contribution in [-0.4, -0.2) is 64.1 Å². The Morgan fingerprint density at radius 3 is 2.88 bits per heavy atom. The normalized spacial score (nSPS) is 27.2. The topological polar surface area (TPSA) is 33.7 Å². The standard InChI is InChI=1S/C12H24N2O2/c1-15-8-9-16-7-6-14-5-4-13-10-12(14)11-2-3-11/h11-13H,2-10H2,1H3. The molecule has 2 rings (SSSR count). The molecule has 94 valence electrons. The molecule has 4 heteroatoms. The van der Waals surface area contributed by atoms with Crippen LogP contribution in [0.3, 0.4) is 0 Å². The highest BCUT2D eigenvalue weighted by Crippen LogP contribution is 2.35. The van der Waals surface area contributed by atoms with E-state index in [0.29, 0.717) is 6.61 Å². The molecule has 1 N–H and O–H groups in total. The van der Waals surface area contributed by atoms with Crippen LogP contribution in [0.4, 0.5) is 0 Å². The molecule has 2 aliphatic rings.